The maximum Gasteiger partial charge on any atom is 0.154 e. The Morgan fingerprint density at radius 3 is 2.77 bits per heavy atom. The van der Waals surface area contributed by atoms with Crippen LogP contribution in [0, 0.1) is 28.6 Å². The second-order valence-electron chi connectivity index (χ2n) is 7.70. The van der Waals surface area contributed by atoms with Gasteiger partial charge in [0.25, 0.3) is 0 Å². The number of rotatable bonds is 4. The Balaban J connectivity index is 1.61. The highest BCUT2D eigenvalue weighted by molar-refractivity contribution is 5.80. The van der Waals surface area contributed by atoms with Gasteiger partial charge in [-0.05, 0) is 18.9 Å². The number of aryl methyl sites for hydroxylation is 1. The molecule has 10 nitrogen and oxygen atoms in total. The van der Waals surface area contributed by atoms with Crippen LogP contribution < -0.4 is 5.73 Å². The second kappa shape index (κ2) is 6.42. The quantitative estimate of drug-likeness (QED) is 0.555. The Bertz CT molecular complexity index is 1340. The lowest BCUT2D eigenvalue weighted by Crippen LogP contribution is -2.46. The summed E-state index contributed by atoms with van der Waals surface area (Å²) in [6.45, 7) is 0. The fourth-order valence-corrected chi connectivity index (χ4v) is 4.19. The summed E-state index contributed by atoms with van der Waals surface area (Å²) in [5.74, 6) is 0.352. The molecule has 4 heterocycles. The number of nitriles is 2. The first kappa shape index (κ1) is 17.9. The van der Waals surface area contributed by atoms with E-state index in [2.05, 4.69) is 27.4 Å². The molecule has 0 radical (unpaired) electrons. The van der Waals surface area contributed by atoms with Crippen molar-refractivity contribution in [3.63, 3.8) is 0 Å². The van der Waals surface area contributed by atoms with Crippen LogP contribution in [0.3, 0.4) is 0 Å². The molecule has 5 rings (SSSR count). The summed E-state index contributed by atoms with van der Waals surface area (Å²) in [6, 6.07) is 6.41. The number of hydrogen-bond donors (Lipinski definition) is 1. The van der Waals surface area contributed by atoms with Crippen LogP contribution in [0.4, 0.5) is 5.82 Å². The Hall–Kier alpha value is -4.18. The molecule has 1 aliphatic carbocycles. The molecule has 0 amide bonds. The third-order valence-electron chi connectivity index (χ3n) is 5.71. The minimum Gasteiger partial charge on any atom is -0.382 e. The Morgan fingerprint density at radius 1 is 1.23 bits per heavy atom. The minimum absolute atomic E-state index is 0.0393. The van der Waals surface area contributed by atoms with Gasteiger partial charge < -0.3 is 5.73 Å². The van der Waals surface area contributed by atoms with Crippen LogP contribution in [0.1, 0.15) is 19.3 Å². The lowest BCUT2D eigenvalue weighted by atomic mass is 9.67. The third-order valence-corrected chi connectivity index (χ3v) is 5.71. The number of fused-ring (bicyclic) bond motifs is 1. The van der Waals surface area contributed by atoms with Crippen LogP contribution in [-0.2, 0) is 12.6 Å². The number of nitrogens with two attached hydrogens (primary N) is 1. The summed E-state index contributed by atoms with van der Waals surface area (Å²) < 4.78 is 5.21. The van der Waals surface area contributed by atoms with Crippen molar-refractivity contribution in [2.45, 2.75) is 24.8 Å². The molecule has 0 aliphatic heterocycles. The van der Waals surface area contributed by atoms with Gasteiger partial charge in [0.1, 0.15) is 0 Å². The largest absolute Gasteiger partial charge is 0.382 e. The van der Waals surface area contributed by atoms with E-state index in [1.807, 2.05) is 29.3 Å². The van der Waals surface area contributed by atoms with E-state index in [9.17, 15) is 10.5 Å². The van der Waals surface area contributed by atoms with Gasteiger partial charge >= 0.3 is 0 Å². The average molecular weight is 398 g/mol. The van der Waals surface area contributed by atoms with E-state index in [1.165, 1.54) is 0 Å². The monoisotopic (exact) mass is 398 g/mol. The number of aromatic nitrogens is 7. The van der Waals surface area contributed by atoms with Crippen LogP contribution in [0.2, 0.25) is 0 Å². The van der Waals surface area contributed by atoms with E-state index >= 15 is 0 Å². The van der Waals surface area contributed by atoms with Gasteiger partial charge in [0.05, 0.1) is 71.1 Å². The number of hydrogen-bond acceptors (Lipinski definition) is 7. The van der Waals surface area contributed by atoms with Crippen molar-refractivity contribution in [3.05, 3.63) is 37.1 Å². The highest BCUT2D eigenvalue weighted by atomic mass is 15.3. The van der Waals surface area contributed by atoms with Crippen LogP contribution >= 0.6 is 0 Å². The molecule has 1 aliphatic rings. The molecule has 4 aromatic rings. The number of anilines is 1. The molecule has 1 fully saturated rings. The van der Waals surface area contributed by atoms with E-state index in [1.54, 1.807) is 28.6 Å². The second-order valence-corrected chi connectivity index (χ2v) is 7.70. The first-order chi connectivity index (χ1) is 14.5. The summed E-state index contributed by atoms with van der Waals surface area (Å²) in [5, 5.41) is 31.6. The number of nitrogen functional groups attached to an aromatic ring is 1. The molecule has 10 heteroatoms. The molecule has 1 saturated carbocycles. The maximum atomic E-state index is 9.30. The molecule has 0 aromatic carbocycles. The molecular formula is C20H18N10. The van der Waals surface area contributed by atoms with Crippen LogP contribution in [0.15, 0.2) is 37.1 Å². The lowest BCUT2D eigenvalue weighted by Gasteiger charge is -2.43. The zero-order valence-corrected chi connectivity index (χ0v) is 16.3. The van der Waals surface area contributed by atoms with Gasteiger partial charge in [-0.2, -0.15) is 25.8 Å². The van der Waals surface area contributed by atoms with Crippen molar-refractivity contribution < 1.29 is 0 Å². The van der Waals surface area contributed by atoms with Crippen molar-refractivity contribution in [2.24, 2.45) is 13.0 Å². The Morgan fingerprint density at radius 2 is 2.07 bits per heavy atom. The van der Waals surface area contributed by atoms with Crippen molar-refractivity contribution in [3.8, 4) is 34.7 Å². The van der Waals surface area contributed by atoms with E-state index in [0.717, 1.165) is 16.6 Å². The van der Waals surface area contributed by atoms with E-state index in [4.69, 9.17) is 10.7 Å². The molecule has 2 N–H and O–H groups in total. The van der Waals surface area contributed by atoms with E-state index in [-0.39, 0.29) is 5.92 Å². The SMILES string of the molecule is Cn1cc(-c2cn3nccc3c(-c3cnn([C@]4(CC#N)C[C@H](C#N)C4)c3)n2)c(N)n1. The molecule has 0 spiro atoms. The zero-order valence-electron chi connectivity index (χ0n) is 16.3. The molecule has 0 atom stereocenters. The molecule has 0 saturated heterocycles. The highest BCUT2D eigenvalue weighted by Gasteiger charge is 2.46. The molecule has 0 unspecified atom stereocenters. The van der Waals surface area contributed by atoms with Crippen molar-refractivity contribution in [1.29, 1.82) is 10.5 Å². The third kappa shape index (κ3) is 2.62. The predicted molar refractivity (Wildman–Crippen MR) is 107 cm³/mol. The van der Waals surface area contributed by atoms with Crippen LogP contribution in [0.25, 0.3) is 28.0 Å². The molecular weight excluding hydrogens is 380 g/mol. The fourth-order valence-electron chi connectivity index (χ4n) is 4.19. The molecule has 0 bridgehead atoms. The van der Waals surface area contributed by atoms with Crippen molar-refractivity contribution >= 4 is 11.3 Å². The van der Waals surface area contributed by atoms with Crippen molar-refractivity contribution in [2.75, 3.05) is 5.73 Å². The highest BCUT2D eigenvalue weighted by Crippen LogP contribution is 2.46. The summed E-state index contributed by atoms with van der Waals surface area (Å²) in [4.78, 5) is 4.84. The normalized spacial score (nSPS) is 20.6. The van der Waals surface area contributed by atoms with Gasteiger partial charge in [-0.1, -0.05) is 0 Å². The first-order valence-corrected chi connectivity index (χ1v) is 9.49. The number of nitrogens with zero attached hydrogens (tertiary/aromatic N) is 9. The van der Waals surface area contributed by atoms with Crippen LogP contribution in [-0.4, -0.2) is 34.2 Å². The van der Waals surface area contributed by atoms with Gasteiger partial charge in [-0.25, -0.2) is 9.50 Å². The smallest absolute Gasteiger partial charge is 0.154 e. The van der Waals surface area contributed by atoms with Crippen molar-refractivity contribution in [1.82, 2.24) is 34.2 Å². The molecule has 148 valence electrons. The van der Waals surface area contributed by atoms with E-state index < -0.39 is 5.54 Å². The summed E-state index contributed by atoms with van der Waals surface area (Å²) >= 11 is 0. The predicted octanol–water partition coefficient (Wildman–Crippen LogP) is 2.12. The maximum absolute atomic E-state index is 9.30. The van der Waals surface area contributed by atoms with Gasteiger partial charge in [0.2, 0.25) is 0 Å². The average Bonchev–Trinajstić information content (AvgIpc) is 3.43. The fraction of sp³-hybridized carbons (Fsp3) is 0.300. The van der Waals surface area contributed by atoms with Gasteiger partial charge in [-0.15, -0.1) is 0 Å². The topological polar surface area (TPSA) is 139 Å². The van der Waals surface area contributed by atoms with Gasteiger partial charge in [0, 0.05) is 25.0 Å². The van der Waals surface area contributed by atoms with E-state index in [0.29, 0.717) is 36.5 Å². The first-order valence-electron chi connectivity index (χ1n) is 9.49. The summed E-state index contributed by atoms with van der Waals surface area (Å²) in [5.41, 5.74) is 9.34. The summed E-state index contributed by atoms with van der Waals surface area (Å²) in [6.07, 6.45) is 10.5. The zero-order chi connectivity index (χ0) is 20.9. The van der Waals surface area contributed by atoms with Gasteiger partial charge in [0.15, 0.2) is 5.82 Å². The lowest BCUT2D eigenvalue weighted by molar-refractivity contribution is 0.0882. The standard InChI is InChI=1S/C20H18N10/c1-28-11-15(19(23)27-28)16-12-29-17(2-5-24-29)18(26-16)14-9-25-30(10-14)20(3-4-21)6-13(7-20)8-22/h2,5,9-13H,3,6-7H2,1H3,(H2,23,27)/t13-,20+. The molecule has 4 aromatic heterocycles. The minimum atomic E-state index is -0.435. The Kier molecular flexibility index (Phi) is 3.83. The Labute approximate surface area is 171 Å². The molecule has 30 heavy (non-hydrogen) atoms. The van der Waals surface area contributed by atoms with Gasteiger partial charge in [-0.3, -0.25) is 9.36 Å². The summed E-state index contributed by atoms with van der Waals surface area (Å²) in [7, 11) is 1.80. The van der Waals surface area contributed by atoms with Crippen LogP contribution in [0.5, 0.6) is 0 Å².